The van der Waals surface area contributed by atoms with Crippen LogP contribution in [0.3, 0.4) is 0 Å². The summed E-state index contributed by atoms with van der Waals surface area (Å²) in [6, 6.07) is 10.5. The number of rotatable bonds is 2. The van der Waals surface area contributed by atoms with Crippen LogP contribution in [-0.2, 0) is 6.54 Å². The van der Waals surface area contributed by atoms with Gasteiger partial charge < -0.3 is 0 Å². The first-order chi connectivity index (χ1) is 6.45. The molecule has 1 aromatic rings. The normalized spacial score (nSPS) is 16.2. The van der Waals surface area contributed by atoms with E-state index in [1.807, 2.05) is 12.3 Å². The SMILES string of the molecule is C1=NN(Cc2ccccc2)CCC1. The van der Waals surface area contributed by atoms with Gasteiger partial charge in [-0.1, -0.05) is 30.3 Å². The summed E-state index contributed by atoms with van der Waals surface area (Å²) in [7, 11) is 0. The van der Waals surface area contributed by atoms with Gasteiger partial charge in [0.2, 0.25) is 0 Å². The largest absolute Gasteiger partial charge is 0.293 e. The Balaban J connectivity index is 1.98. The number of nitrogens with zero attached hydrogens (tertiary/aromatic N) is 2. The van der Waals surface area contributed by atoms with E-state index in [0.717, 1.165) is 19.5 Å². The van der Waals surface area contributed by atoms with Crippen LogP contribution in [0.2, 0.25) is 0 Å². The van der Waals surface area contributed by atoms with E-state index in [4.69, 9.17) is 0 Å². The molecule has 2 nitrogen and oxygen atoms in total. The maximum atomic E-state index is 4.33. The minimum Gasteiger partial charge on any atom is -0.293 e. The molecule has 1 aliphatic rings. The van der Waals surface area contributed by atoms with E-state index in [0.29, 0.717) is 0 Å². The van der Waals surface area contributed by atoms with Crippen LogP contribution in [-0.4, -0.2) is 17.8 Å². The van der Waals surface area contributed by atoms with Gasteiger partial charge in [-0.2, -0.15) is 5.10 Å². The van der Waals surface area contributed by atoms with Gasteiger partial charge in [-0.25, -0.2) is 0 Å². The van der Waals surface area contributed by atoms with Crippen LogP contribution in [0, 0.1) is 0 Å². The van der Waals surface area contributed by atoms with Gasteiger partial charge in [0.05, 0.1) is 6.54 Å². The highest BCUT2D eigenvalue weighted by Crippen LogP contribution is 2.08. The Kier molecular flexibility index (Phi) is 2.60. The second-order valence-corrected chi connectivity index (χ2v) is 3.31. The zero-order chi connectivity index (χ0) is 8.93. The van der Waals surface area contributed by atoms with E-state index in [2.05, 4.69) is 34.4 Å². The smallest absolute Gasteiger partial charge is 0.0610 e. The average Bonchev–Trinajstić information content (AvgIpc) is 2.21. The van der Waals surface area contributed by atoms with E-state index >= 15 is 0 Å². The Hall–Kier alpha value is -1.31. The van der Waals surface area contributed by atoms with Crippen molar-refractivity contribution in [1.29, 1.82) is 0 Å². The molecule has 1 aromatic carbocycles. The van der Waals surface area contributed by atoms with Gasteiger partial charge in [-0.3, -0.25) is 5.01 Å². The van der Waals surface area contributed by atoms with Crippen molar-refractivity contribution < 1.29 is 0 Å². The highest BCUT2D eigenvalue weighted by atomic mass is 15.4. The van der Waals surface area contributed by atoms with Crippen molar-refractivity contribution in [3.05, 3.63) is 35.9 Å². The molecule has 1 heterocycles. The Morgan fingerprint density at radius 2 is 2.08 bits per heavy atom. The molecule has 2 heteroatoms. The lowest BCUT2D eigenvalue weighted by Gasteiger charge is -2.21. The third-order valence-electron chi connectivity index (χ3n) is 2.20. The second kappa shape index (κ2) is 4.08. The van der Waals surface area contributed by atoms with Crippen molar-refractivity contribution in [2.45, 2.75) is 19.4 Å². The third kappa shape index (κ3) is 2.31. The number of hydrogen-bond donors (Lipinski definition) is 0. The molecule has 0 aliphatic carbocycles. The first-order valence-electron chi connectivity index (χ1n) is 4.76. The summed E-state index contributed by atoms with van der Waals surface area (Å²) in [5.41, 5.74) is 1.33. The van der Waals surface area contributed by atoms with E-state index < -0.39 is 0 Å². The molecule has 0 aromatic heterocycles. The minimum atomic E-state index is 0.942. The van der Waals surface area contributed by atoms with E-state index in [9.17, 15) is 0 Å². The molecule has 68 valence electrons. The molecule has 0 N–H and O–H groups in total. The molecular formula is C11H14N2. The first kappa shape index (κ1) is 8.30. The van der Waals surface area contributed by atoms with Gasteiger partial charge in [-0.05, 0) is 18.4 Å². The lowest BCUT2D eigenvalue weighted by atomic mass is 10.2. The first-order valence-corrected chi connectivity index (χ1v) is 4.76. The Labute approximate surface area is 78.9 Å². The van der Waals surface area contributed by atoms with Crippen molar-refractivity contribution >= 4 is 6.21 Å². The predicted octanol–water partition coefficient (Wildman–Crippen LogP) is 2.27. The summed E-state index contributed by atoms with van der Waals surface area (Å²) in [5, 5.41) is 6.46. The summed E-state index contributed by atoms with van der Waals surface area (Å²) in [5.74, 6) is 0. The number of hydrogen-bond acceptors (Lipinski definition) is 2. The van der Waals surface area contributed by atoms with Crippen molar-refractivity contribution in [3.8, 4) is 0 Å². The van der Waals surface area contributed by atoms with Crippen LogP contribution < -0.4 is 0 Å². The molecule has 0 fully saturated rings. The number of benzene rings is 1. The van der Waals surface area contributed by atoms with Gasteiger partial charge >= 0.3 is 0 Å². The Morgan fingerprint density at radius 3 is 2.77 bits per heavy atom. The standard InChI is InChI=1S/C11H14N2/c1-2-6-11(7-3-1)10-13-9-5-4-8-12-13/h1-3,6-8H,4-5,9-10H2. The van der Waals surface area contributed by atoms with Gasteiger partial charge in [-0.15, -0.1) is 0 Å². The molecule has 0 saturated heterocycles. The van der Waals surface area contributed by atoms with Crippen molar-refractivity contribution in [2.24, 2.45) is 5.10 Å². The summed E-state index contributed by atoms with van der Waals surface area (Å²) in [6.07, 6.45) is 4.37. The van der Waals surface area contributed by atoms with E-state index in [-0.39, 0.29) is 0 Å². The molecule has 2 rings (SSSR count). The highest BCUT2D eigenvalue weighted by molar-refractivity contribution is 5.57. The van der Waals surface area contributed by atoms with Crippen LogP contribution in [0.15, 0.2) is 35.4 Å². The lowest BCUT2D eigenvalue weighted by molar-refractivity contribution is 0.268. The molecular weight excluding hydrogens is 160 g/mol. The third-order valence-corrected chi connectivity index (χ3v) is 2.20. The molecule has 0 atom stereocenters. The summed E-state index contributed by atoms with van der Waals surface area (Å²) < 4.78 is 0. The zero-order valence-electron chi connectivity index (χ0n) is 7.69. The Bertz CT molecular complexity index is 279. The monoisotopic (exact) mass is 174 g/mol. The maximum Gasteiger partial charge on any atom is 0.0610 e. The molecule has 0 saturated carbocycles. The fraction of sp³-hybridized carbons (Fsp3) is 0.364. The van der Waals surface area contributed by atoms with Crippen molar-refractivity contribution in [1.82, 2.24) is 5.01 Å². The quantitative estimate of drug-likeness (QED) is 0.671. The number of hydrazone groups is 1. The second-order valence-electron chi connectivity index (χ2n) is 3.31. The van der Waals surface area contributed by atoms with E-state index in [1.165, 1.54) is 12.0 Å². The molecule has 0 amide bonds. The van der Waals surface area contributed by atoms with Gasteiger partial charge in [0.25, 0.3) is 0 Å². The molecule has 0 spiro atoms. The summed E-state index contributed by atoms with van der Waals surface area (Å²) >= 11 is 0. The summed E-state index contributed by atoms with van der Waals surface area (Å²) in [6.45, 7) is 2.03. The molecule has 13 heavy (non-hydrogen) atoms. The Morgan fingerprint density at radius 1 is 1.23 bits per heavy atom. The van der Waals surface area contributed by atoms with Crippen molar-refractivity contribution in [3.63, 3.8) is 0 Å². The maximum absolute atomic E-state index is 4.33. The molecule has 0 unspecified atom stereocenters. The van der Waals surface area contributed by atoms with Gasteiger partial charge in [0, 0.05) is 12.8 Å². The molecule has 1 aliphatic heterocycles. The fourth-order valence-corrected chi connectivity index (χ4v) is 1.51. The van der Waals surface area contributed by atoms with Crippen LogP contribution in [0.4, 0.5) is 0 Å². The van der Waals surface area contributed by atoms with Crippen LogP contribution >= 0.6 is 0 Å². The lowest BCUT2D eigenvalue weighted by Crippen LogP contribution is -2.21. The van der Waals surface area contributed by atoms with Crippen LogP contribution in [0.25, 0.3) is 0 Å². The predicted molar refractivity (Wildman–Crippen MR) is 54.6 cm³/mol. The minimum absolute atomic E-state index is 0.942. The average molecular weight is 174 g/mol. The van der Waals surface area contributed by atoms with E-state index in [1.54, 1.807) is 0 Å². The van der Waals surface area contributed by atoms with Crippen LogP contribution in [0.1, 0.15) is 18.4 Å². The fourth-order valence-electron chi connectivity index (χ4n) is 1.51. The topological polar surface area (TPSA) is 15.6 Å². The summed E-state index contributed by atoms with van der Waals surface area (Å²) in [4.78, 5) is 0. The molecule has 0 radical (unpaired) electrons. The van der Waals surface area contributed by atoms with Gasteiger partial charge in [0.1, 0.15) is 0 Å². The van der Waals surface area contributed by atoms with Gasteiger partial charge in [0.15, 0.2) is 0 Å². The highest BCUT2D eigenvalue weighted by Gasteiger charge is 2.04. The zero-order valence-corrected chi connectivity index (χ0v) is 7.69. The van der Waals surface area contributed by atoms with Crippen molar-refractivity contribution in [2.75, 3.05) is 6.54 Å². The van der Waals surface area contributed by atoms with Crippen LogP contribution in [0.5, 0.6) is 0 Å². The molecule has 0 bridgehead atoms.